The van der Waals surface area contributed by atoms with Gasteiger partial charge in [-0.3, -0.25) is 9.48 Å². The maximum Gasteiger partial charge on any atom is 0.269 e. The van der Waals surface area contributed by atoms with Gasteiger partial charge in [0.2, 0.25) is 0 Å². The van der Waals surface area contributed by atoms with Crippen molar-refractivity contribution in [1.29, 1.82) is 0 Å². The van der Waals surface area contributed by atoms with Crippen LogP contribution >= 0.6 is 11.8 Å². The zero-order valence-electron chi connectivity index (χ0n) is 16.1. The number of nitrogens with two attached hydrogens (primary N) is 2. The van der Waals surface area contributed by atoms with Crippen LogP contribution in [0, 0.1) is 0 Å². The van der Waals surface area contributed by atoms with Gasteiger partial charge in [0.15, 0.2) is 10.9 Å². The standard InChI is InChI=1S/C19H27N7OS/c1-28-19-23-10-11-2-7-14-16(18(21)27)25-26(17(14)15(11)24-19)13-5-3-12(4-6-13)22-9-8-20/h10,12-13,22H,2-9,20H2,1H3,(H2,21,27). The number of nitrogens with one attached hydrogen (secondary N) is 1. The van der Waals surface area contributed by atoms with Gasteiger partial charge in [-0.25, -0.2) is 9.97 Å². The number of nitrogens with zero attached hydrogens (tertiary/aromatic N) is 4. The predicted molar refractivity (Wildman–Crippen MR) is 109 cm³/mol. The molecule has 0 bridgehead atoms. The fraction of sp³-hybridized carbons (Fsp3) is 0.579. The van der Waals surface area contributed by atoms with Crippen molar-refractivity contribution in [2.45, 2.75) is 55.8 Å². The Kier molecular flexibility index (Phi) is 5.65. The summed E-state index contributed by atoms with van der Waals surface area (Å²) in [6.07, 6.45) is 9.57. The van der Waals surface area contributed by atoms with E-state index in [0.717, 1.165) is 72.7 Å². The quantitative estimate of drug-likeness (QED) is 0.492. The number of carbonyl (C=O) groups is 1. The second-order valence-electron chi connectivity index (χ2n) is 7.46. The third kappa shape index (κ3) is 3.54. The largest absolute Gasteiger partial charge is 0.364 e. The van der Waals surface area contributed by atoms with Crippen LogP contribution in [0.5, 0.6) is 0 Å². The third-order valence-electron chi connectivity index (χ3n) is 5.76. The molecule has 0 aromatic carbocycles. The van der Waals surface area contributed by atoms with E-state index in [-0.39, 0.29) is 6.04 Å². The molecule has 0 aliphatic heterocycles. The van der Waals surface area contributed by atoms with E-state index < -0.39 is 5.91 Å². The Morgan fingerprint density at radius 2 is 2.11 bits per heavy atom. The van der Waals surface area contributed by atoms with Gasteiger partial charge in [0.1, 0.15) is 0 Å². The Hall–Kier alpha value is -1.97. The summed E-state index contributed by atoms with van der Waals surface area (Å²) in [4.78, 5) is 21.2. The lowest BCUT2D eigenvalue weighted by molar-refractivity contribution is 0.0993. The number of rotatable bonds is 6. The molecule has 8 nitrogen and oxygen atoms in total. The Morgan fingerprint density at radius 3 is 2.79 bits per heavy atom. The minimum atomic E-state index is -0.462. The van der Waals surface area contributed by atoms with Crippen molar-refractivity contribution in [3.8, 4) is 11.4 Å². The van der Waals surface area contributed by atoms with Crippen LogP contribution in [0.3, 0.4) is 0 Å². The van der Waals surface area contributed by atoms with Gasteiger partial charge in [-0.2, -0.15) is 5.10 Å². The summed E-state index contributed by atoms with van der Waals surface area (Å²) >= 11 is 1.52. The molecule has 2 aliphatic carbocycles. The highest BCUT2D eigenvalue weighted by molar-refractivity contribution is 7.98. The number of amides is 1. The molecule has 1 saturated carbocycles. The summed E-state index contributed by atoms with van der Waals surface area (Å²) in [7, 11) is 0. The van der Waals surface area contributed by atoms with Crippen LogP contribution in [-0.2, 0) is 12.8 Å². The van der Waals surface area contributed by atoms with Crippen molar-refractivity contribution in [3.05, 3.63) is 23.0 Å². The van der Waals surface area contributed by atoms with Crippen molar-refractivity contribution in [1.82, 2.24) is 25.1 Å². The number of thioether (sulfide) groups is 1. The van der Waals surface area contributed by atoms with E-state index >= 15 is 0 Å². The first-order valence-corrected chi connectivity index (χ1v) is 11.1. The first-order valence-electron chi connectivity index (χ1n) is 9.87. The number of fused-ring (bicyclic) bond motifs is 3. The molecule has 0 saturated heterocycles. The number of aryl methyl sites for hydroxylation is 1. The molecule has 2 aromatic heterocycles. The average Bonchev–Trinajstić information content (AvgIpc) is 3.12. The molecule has 0 radical (unpaired) electrons. The van der Waals surface area contributed by atoms with Gasteiger partial charge in [-0.05, 0) is 50.3 Å². The number of hydrogen-bond acceptors (Lipinski definition) is 7. The van der Waals surface area contributed by atoms with Crippen LogP contribution in [-0.4, -0.2) is 51.0 Å². The topological polar surface area (TPSA) is 125 Å². The van der Waals surface area contributed by atoms with E-state index in [9.17, 15) is 4.79 Å². The summed E-state index contributed by atoms with van der Waals surface area (Å²) < 4.78 is 2.03. The third-order valence-corrected chi connectivity index (χ3v) is 6.32. The maximum atomic E-state index is 12.1. The fourth-order valence-corrected chi connectivity index (χ4v) is 4.71. The lowest BCUT2D eigenvalue weighted by atomic mass is 9.89. The van der Waals surface area contributed by atoms with E-state index in [1.165, 1.54) is 11.8 Å². The van der Waals surface area contributed by atoms with E-state index in [0.29, 0.717) is 18.3 Å². The lowest BCUT2D eigenvalue weighted by Gasteiger charge is -2.31. The summed E-state index contributed by atoms with van der Waals surface area (Å²) in [6.45, 7) is 1.50. The molecule has 1 amide bonds. The van der Waals surface area contributed by atoms with Crippen LogP contribution in [0.25, 0.3) is 11.4 Å². The Labute approximate surface area is 168 Å². The van der Waals surface area contributed by atoms with Crippen LogP contribution in [0.2, 0.25) is 0 Å². The van der Waals surface area contributed by atoms with E-state index in [1.807, 2.05) is 17.1 Å². The van der Waals surface area contributed by atoms with Gasteiger partial charge in [0, 0.05) is 30.9 Å². The second-order valence-corrected chi connectivity index (χ2v) is 8.24. The summed E-state index contributed by atoms with van der Waals surface area (Å²) in [5, 5.41) is 8.93. The summed E-state index contributed by atoms with van der Waals surface area (Å²) in [5.74, 6) is -0.462. The number of aromatic nitrogens is 4. The van der Waals surface area contributed by atoms with Gasteiger partial charge < -0.3 is 16.8 Å². The molecular weight excluding hydrogens is 374 g/mol. The monoisotopic (exact) mass is 401 g/mol. The minimum Gasteiger partial charge on any atom is -0.364 e. The summed E-state index contributed by atoms with van der Waals surface area (Å²) in [6, 6.07) is 0.746. The number of hydrogen-bond donors (Lipinski definition) is 3. The Morgan fingerprint density at radius 1 is 1.32 bits per heavy atom. The average molecular weight is 402 g/mol. The van der Waals surface area contributed by atoms with Gasteiger partial charge in [0.05, 0.1) is 17.4 Å². The smallest absolute Gasteiger partial charge is 0.269 e. The maximum absolute atomic E-state index is 12.1. The molecule has 0 atom stereocenters. The van der Waals surface area contributed by atoms with E-state index in [1.54, 1.807) is 0 Å². The number of carbonyl (C=O) groups excluding carboxylic acids is 1. The molecular formula is C19H27N7OS. The van der Waals surface area contributed by atoms with Crippen molar-refractivity contribution in [2.24, 2.45) is 11.5 Å². The fourth-order valence-electron chi connectivity index (χ4n) is 4.37. The van der Waals surface area contributed by atoms with Crippen molar-refractivity contribution < 1.29 is 4.79 Å². The Balaban J connectivity index is 1.70. The zero-order chi connectivity index (χ0) is 19.7. The molecule has 4 rings (SSSR count). The van der Waals surface area contributed by atoms with E-state index in [4.69, 9.17) is 21.5 Å². The minimum absolute atomic E-state index is 0.247. The molecule has 0 spiro atoms. The van der Waals surface area contributed by atoms with Crippen molar-refractivity contribution in [3.63, 3.8) is 0 Å². The van der Waals surface area contributed by atoms with Gasteiger partial charge in [-0.15, -0.1) is 0 Å². The molecule has 2 aliphatic rings. The molecule has 28 heavy (non-hydrogen) atoms. The second kappa shape index (κ2) is 8.18. The molecule has 1 fully saturated rings. The lowest BCUT2D eigenvalue weighted by Crippen LogP contribution is -2.37. The Bertz CT molecular complexity index is 873. The summed E-state index contributed by atoms with van der Waals surface area (Å²) in [5.41, 5.74) is 15.6. The molecule has 0 unspecified atom stereocenters. The SMILES string of the molecule is CSc1ncc2c(n1)-c1c(c(C(N)=O)nn1C1CCC(NCCN)CC1)CC2. The molecule has 2 heterocycles. The van der Waals surface area contributed by atoms with Gasteiger partial charge in [-0.1, -0.05) is 11.8 Å². The molecule has 150 valence electrons. The highest BCUT2D eigenvalue weighted by Gasteiger charge is 2.33. The molecule has 5 N–H and O–H groups in total. The normalized spacial score (nSPS) is 21.2. The highest BCUT2D eigenvalue weighted by atomic mass is 32.2. The number of primary amides is 1. The first kappa shape index (κ1) is 19.4. The van der Waals surface area contributed by atoms with Crippen LogP contribution in [0.15, 0.2) is 11.4 Å². The van der Waals surface area contributed by atoms with Gasteiger partial charge in [0.25, 0.3) is 5.91 Å². The molecule has 9 heteroatoms. The van der Waals surface area contributed by atoms with Crippen molar-refractivity contribution in [2.75, 3.05) is 19.3 Å². The van der Waals surface area contributed by atoms with Crippen LogP contribution in [0.4, 0.5) is 0 Å². The predicted octanol–water partition coefficient (Wildman–Crippen LogP) is 1.29. The zero-order valence-corrected chi connectivity index (χ0v) is 17.0. The van der Waals surface area contributed by atoms with Crippen LogP contribution in [0.1, 0.15) is 53.3 Å². The molecule has 2 aromatic rings. The van der Waals surface area contributed by atoms with E-state index in [2.05, 4.69) is 10.3 Å². The van der Waals surface area contributed by atoms with Crippen molar-refractivity contribution >= 4 is 17.7 Å². The van der Waals surface area contributed by atoms with Gasteiger partial charge >= 0.3 is 0 Å². The van der Waals surface area contributed by atoms with Crippen LogP contribution < -0.4 is 16.8 Å². The first-order chi connectivity index (χ1) is 13.6. The highest BCUT2D eigenvalue weighted by Crippen LogP contribution is 2.39.